The van der Waals surface area contributed by atoms with Gasteiger partial charge in [-0.05, 0) is 29.9 Å². The number of nitrogens with one attached hydrogen (secondary N) is 2. The van der Waals surface area contributed by atoms with Gasteiger partial charge in [0.15, 0.2) is 5.54 Å². The third-order valence-electron chi connectivity index (χ3n) is 6.51. The van der Waals surface area contributed by atoms with Gasteiger partial charge in [0.2, 0.25) is 5.91 Å². The Bertz CT molecular complexity index is 947. The van der Waals surface area contributed by atoms with E-state index < -0.39 is 11.6 Å². The Labute approximate surface area is 183 Å². The van der Waals surface area contributed by atoms with E-state index >= 15 is 0 Å². The Balaban J connectivity index is 1.56. The minimum Gasteiger partial charge on any atom is -0.352 e. The van der Waals surface area contributed by atoms with Gasteiger partial charge in [0, 0.05) is 12.5 Å². The third-order valence-corrected chi connectivity index (χ3v) is 6.51. The summed E-state index contributed by atoms with van der Waals surface area (Å²) in [5, 5.41) is 5.95. The number of carbonyl (C=O) groups excluding carboxylic acids is 3. The molecule has 6 heteroatoms. The standard InChI is InChI=1S/C25H29N3O3/c1-18-10-8-9-15-21(18)26-22(29)17-28-23(30)25(27-24(28)31,20-13-6-3-7-14-20)16-19-11-4-2-5-12-19/h2-7,11-14,18,21H,8-10,15-17H2,1H3,(H,26,29)(H,27,31)/t18-,21-,25+/m0/s1. The van der Waals surface area contributed by atoms with Gasteiger partial charge in [-0.15, -0.1) is 0 Å². The molecule has 0 unspecified atom stereocenters. The lowest BCUT2D eigenvalue weighted by Gasteiger charge is -2.30. The second-order valence-corrected chi connectivity index (χ2v) is 8.69. The highest BCUT2D eigenvalue weighted by atomic mass is 16.2. The highest BCUT2D eigenvalue weighted by Gasteiger charge is 2.52. The first kappa shape index (κ1) is 21.1. The number of carbonyl (C=O) groups is 3. The molecule has 6 nitrogen and oxygen atoms in total. The van der Waals surface area contributed by atoms with Crippen molar-refractivity contribution in [2.45, 2.75) is 50.6 Å². The number of rotatable bonds is 6. The van der Waals surface area contributed by atoms with Gasteiger partial charge in [-0.25, -0.2) is 4.79 Å². The molecule has 2 aliphatic rings. The van der Waals surface area contributed by atoms with Crippen LogP contribution in [0.3, 0.4) is 0 Å². The maximum Gasteiger partial charge on any atom is 0.325 e. The number of hydrogen-bond donors (Lipinski definition) is 2. The SMILES string of the molecule is C[C@H]1CCCC[C@@H]1NC(=O)CN1C(=O)N[C@](Cc2ccccc2)(c2ccccc2)C1=O. The number of urea groups is 1. The molecule has 0 aromatic heterocycles. The van der Waals surface area contributed by atoms with Crippen LogP contribution in [0.5, 0.6) is 0 Å². The van der Waals surface area contributed by atoms with Crippen molar-refractivity contribution < 1.29 is 14.4 Å². The van der Waals surface area contributed by atoms with Gasteiger partial charge in [-0.1, -0.05) is 80.4 Å². The third kappa shape index (κ3) is 4.33. The second kappa shape index (κ2) is 8.92. The molecule has 1 aliphatic carbocycles. The topological polar surface area (TPSA) is 78.5 Å². The Hall–Kier alpha value is -3.15. The molecule has 2 aromatic carbocycles. The molecule has 1 heterocycles. The fourth-order valence-corrected chi connectivity index (χ4v) is 4.74. The van der Waals surface area contributed by atoms with Crippen LogP contribution < -0.4 is 10.6 Å². The summed E-state index contributed by atoms with van der Waals surface area (Å²) in [7, 11) is 0. The van der Waals surface area contributed by atoms with Crippen molar-refractivity contribution in [3.05, 3.63) is 71.8 Å². The molecule has 1 saturated carbocycles. The lowest BCUT2D eigenvalue weighted by molar-refractivity contribution is -0.135. The first-order valence-corrected chi connectivity index (χ1v) is 11.0. The lowest BCUT2D eigenvalue weighted by Crippen LogP contribution is -2.48. The summed E-state index contributed by atoms with van der Waals surface area (Å²) in [5.41, 5.74) is 0.418. The van der Waals surface area contributed by atoms with Crippen LogP contribution in [0.4, 0.5) is 4.79 Å². The Morgan fingerprint density at radius 3 is 2.35 bits per heavy atom. The van der Waals surface area contributed by atoms with Crippen LogP contribution in [0.2, 0.25) is 0 Å². The quantitative estimate of drug-likeness (QED) is 0.705. The molecule has 31 heavy (non-hydrogen) atoms. The lowest BCUT2D eigenvalue weighted by atomic mass is 9.83. The summed E-state index contributed by atoms with van der Waals surface area (Å²) in [6.07, 6.45) is 4.61. The minimum atomic E-state index is -1.22. The molecular formula is C25H29N3O3. The Morgan fingerprint density at radius 1 is 1.03 bits per heavy atom. The fourth-order valence-electron chi connectivity index (χ4n) is 4.74. The predicted octanol–water partition coefficient (Wildman–Crippen LogP) is 3.37. The van der Waals surface area contributed by atoms with Gasteiger partial charge in [-0.2, -0.15) is 0 Å². The number of hydrogen-bond acceptors (Lipinski definition) is 3. The van der Waals surface area contributed by atoms with Gasteiger partial charge in [0.05, 0.1) is 0 Å². The maximum atomic E-state index is 13.6. The van der Waals surface area contributed by atoms with Crippen LogP contribution in [0, 0.1) is 5.92 Å². The van der Waals surface area contributed by atoms with Gasteiger partial charge in [0.1, 0.15) is 6.54 Å². The summed E-state index contributed by atoms with van der Waals surface area (Å²) >= 11 is 0. The van der Waals surface area contributed by atoms with E-state index in [4.69, 9.17) is 0 Å². The van der Waals surface area contributed by atoms with Crippen LogP contribution in [0.1, 0.15) is 43.7 Å². The van der Waals surface area contributed by atoms with Crippen molar-refractivity contribution in [2.24, 2.45) is 5.92 Å². The smallest absolute Gasteiger partial charge is 0.325 e. The number of imide groups is 1. The number of benzene rings is 2. The van der Waals surface area contributed by atoms with Gasteiger partial charge in [0.25, 0.3) is 5.91 Å². The molecule has 2 fully saturated rings. The molecule has 3 atom stereocenters. The molecule has 1 saturated heterocycles. The molecule has 0 radical (unpaired) electrons. The van der Waals surface area contributed by atoms with E-state index in [0.29, 0.717) is 17.9 Å². The monoisotopic (exact) mass is 419 g/mol. The summed E-state index contributed by atoms with van der Waals surface area (Å²) in [4.78, 5) is 40.2. The predicted molar refractivity (Wildman–Crippen MR) is 118 cm³/mol. The maximum absolute atomic E-state index is 13.6. The van der Waals surface area contributed by atoms with E-state index in [1.807, 2.05) is 60.7 Å². The average molecular weight is 420 g/mol. The molecule has 0 spiro atoms. The van der Waals surface area contributed by atoms with E-state index in [0.717, 1.165) is 29.7 Å². The highest BCUT2D eigenvalue weighted by Crippen LogP contribution is 2.33. The Morgan fingerprint density at radius 2 is 1.68 bits per heavy atom. The Kier molecular flexibility index (Phi) is 6.07. The average Bonchev–Trinajstić information content (AvgIpc) is 3.01. The first-order valence-electron chi connectivity index (χ1n) is 11.0. The van der Waals surface area contributed by atoms with Crippen LogP contribution in [0.25, 0.3) is 0 Å². The molecule has 4 amide bonds. The van der Waals surface area contributed by atoms with E-state index in [1.54, 1.807) is 0 Å². The summed E-state index contributed by atoms with van der Waals surface area (Å²) in [6.45, 7) is 1.87. The molecular weight excluding hydrogens is 390 g/mol. The van der Waals surface area contributed by atoms with Crippen molar-refractivity contribution in [1.82, 2.24) is 15.5 Å². The molecule has 2 N–H and O–H groups in total. The largest absolute Gasteiger partial charge is 0.352 e. The van der Waals surface area contributed by atoms with Crippen molar-refractivity contribution >= 4 is 17.8 Å². The van der Waals surface area contributed by atoms with Crippen molar-refractivity contribution in [3.63, 3.8) is 0 Å². The number of amides is 4. The van der Waals surface area contributed by atoms with E-state index in [-0.39, 0.29) is 24.4 Å². The van der Waals surface area contributed by atoms with E-state index in [2.05, 4.69) is 17.6 Å². The fraction of sp³-hybridized carbons (Fsp3) is 0.400. The molecule has 1 aliphatic heterocycles. The van der Waals surface area contributed by atoms with Gasteiger partial charge < -0.3 is 10.6 Å². The van der Waals surface area contributed by atoms with Crippen molar-refractivity contribution in [3.8, 4) is 0 Å². The zero-order chi connectivity index (χ0) is 21.8. The van der Waals surface area contributed by atoms with Gasteiger partial charge in [-0.3, -0.25) is 14.5 Å². The summed E-state index contributed by atoms with van der Waals surface area (Å²) in [6, 6.07) is 18.4. The van der Waals surface area contributed by atoms with Crippen molar-refractivity contribution in [2.75, 3.05) is 6.54 Å². The van der Waals surface area contributed by atoms with E-state index in [9.17, 15) is 14.4 Å². The van der Waals surface area contributed by atoms with Crippen LogP contribution in [0.15, 0.2) is 60.7 Å². The normalized spacial score (nSPS) is 25.9. The van der Waals surface area contributed by atoms with Crippen LogP contribution in [-0.2, 0) is 21.5 Å². The summed E-state index contributed by atoms with van der Waals surface area (Å²) < 4.78 is 0. The molecule has 0 bridgehead atoms. The highest BCUT2D eigenvalue weighted by molar-refractivity contribution is 6.09. The van der Waals surface area contributed by atoms with Crippen molar-refractivity contribution in [1.29, 1.82) is 0 Å². The van der Waals surface area contributed by atoms with Crippen LogP contribution in [-0.4, -0.2) is 35.3 Å². The summed E-state index contributed by atoms with van der Waals surface area (Å²) in [5.74, 6) is -0.271. The zero-order valence-corrected chi connectivity index (χ0v) is 17.8. The first-order chi connectivity index (χ1) is 15.0. The van der Waals surface area contributed by atoms with E-state index in [1.165, 1.54) is 6.42 Å². The van der Waals surface area contributed by atoms with Gasteiger partial charge >= 0.3 is 6.03 Å². The number of nitrogens with zero attached hydrogens (tertiary/aromatic N) is 1. The second-order valence-electron chi connectivity index (χ2n) is 8.69. The zero-order valence-electron chi connectivity index (χ0n) is 17.8. The van der Waals surface area contributed by atoms with Crippen LogP contribution >= 0.6 is 0 Å². The minimum absolute atomic E-state index is 0.102. The molecule has 2 aromatic rings. The molecule has 4 rings (SSSR count). The molecule has 162 valence electrons.